The molecule has 1 amide bonds. The van der Waals surface area contributed by atoms with E-state index in [2.05, 4.69) is 20.6 Å². The summed E-state index contributed by atoms with van der Waals surface area (Å²) < 4.78 is 5.35. The van der Waals surface area contributed by atoms with Crippen molar-refractivity contribution >= 4 is 29.0 Å². The first-order valence-electron chi connectivity index (χ1n) is 8.32. The molecule has 0 radical (unpaired) electrons. The van der Waals surface area contributed by atoms with Crippen molar-refractivity contribution in [2.45, 2.75) is 13.5 Å². The van der Waals surface area contributed by atoms with Crippen LogP contribution in [-0.2, 0) is 6.54 Å². The van der Waals surface area contributed by atoms with Gasteiger partial charge in [0.2, 0.25) is 0 Å². The summed E-state index contributed by atoms with van der Waals surface area (Å²) in [5, 5.41) is 6.58. The van der Waals surface area contributed by atoms with Gasteiger partial charge in [-0.1, -0.05) is 35.9 Å². The number of hydrogen-bond acceptors (Lipinski definition) is 5. The van der Waals surface area contributed by atoms with Crippen LogP contribution in [-0.4, -0.2) is 23.0 Å². The van der Waals surface area contributed by atoms with E-state index in [1.807, 2.05) is 43.3 Å². The van der Waals surface area contributed by atoms with Crippen LogP contribution in [0.2, 0.25) is 5.02 Å². The number of halogens is 1. The number of rotatable bonds is 6. The second-order valence-electron chi connectivity index (χ2n) is 5.89. The van der Waals surface area contributed by atoms with Crippen molar-refractivity contribution in [3.05, 3.63) is 76.7 Å². The minimum absolute atomic E-state index is 0.256. The molecule has 6 nitrogen and oxygen atoms in total. The molecule has 7 heteroatoms. The molecule has 3 aromatic rings. The highest BCUT2D eigenvalue weighted by molar-refractivity contribution is 6.31. The molecule has 1 heterocycles. The number of methoxy groups -OCH3 is 1. The lowest BCUT2D eigenvalue weighted by Gasteiger charge is -2.12. The first kappa shape index (κ1) is 18.7. The molecular formula is C20H19ClN4O2. The van der Waals surface area contributed by atoms with Gasteiger partial charge in [-0.3, -0.25) is 4.79 Å². The van der Waals surface area contributed by atoms with Crippen LogP contribution < -0.4 is 15.4 Å². The molecule has 0 aliphatic rings. The van der Waals surface area contributed by atoms with Crippen molar-refractivity contribution in [1.29, 1.82) is 0 Å². The molecule has 27 heavy (non-hydrogen) atoms. The van der Waals surface area contributed by atoms with Crippen LogP contribution in [0, 0.1) is 6.92 Å². The number of amides is 1. The quantitative estimate of drug-likeness (QED) is 0.670. The molecule has 3 rings (SSSR count). The van der Waals surface area contributed by atoms with Crippen molar-refractivity contribution in [3.8, 4) is 5.75 Å². The number of nitrogens with one attached hydrogen (secondary N) is 2. The van der Waals surface area contributed by atoms with Crippen molar-refractivity contribution in [2.75, 3.05) is 12.4 Å². The lowest BCUT2D eigenvalue weighted by Crippen LogP contribution is -2.24. The number of anilines is 2. The molecule has 0 fully saturated rings. The summed E-state index contributed by atoms with van der Waals surface area (Å²) in [6.45, 7) is 2.30. The van der Waals surface area contributed by atoms with E-state index in [1.54, 1.807) is 19.2 Å². The van der Waals surface area contributed by atoms with E-state index >= 15 is 0 Å². The van der Waals surface area contributed by atoms with Gasteiger partial charge in [-0.2, -0.15) is 0 Å². The fourth-order valence-electron chi connectivity index (χ4n) is 2.52. The Morgan fingerprint density at radius 3 is 2.74 bits per heavy atom. The van der Waals surface area contributed by atoms with Crippen LogP contribution in [0.3, 0.4) is 0 Å². The van der Waals surface area contributed by atoms with Gasteiger partial charge in [-0.05, 0) is 36.2 Å². The zero-order valence-corrected chi connectivity index (χ0v) is 15.7. The summed E-state index contributed by atoms with van der Waals surface area (Å²) in [6.07, 6.45) is 1.34. The van der Waals surface area contributed by atoms with Crippen molar-refractivity contribution in [3.63, 3.8) is 0 Å². The molecular weight excluding hydrogens is 364 g/mol. The monoisotopic (exact) mass is 382 g/mol. The Labute approximate surface area is 162 Å². The summed E-state index contributed by atoms with van der Waals surface area (Å²) in [4.78, 5) is 20.6. The Morgan fingerprint density at radius 1 is 1.15 bits per heavy atom. The van der Waals surface area contributed by atoms with E-state index in [4.69, 9.17) is 16.3 Å². The molecule has 0 atom stereocenters. The maximum atomic E-state index is 12.4. The highest BCUT2D eigenvalue weighted by Crippen LogP contribution is 2.27. The third kappa shape index (κ3) is 4.74. The molecule has 0 saturated carbocycles. The molecule has 0 bridgehead atoms. The fourth-order valence-corrected chi connectivity index (χ4v) is 2.72. The predicted molar refractivity (Wildman–Crippen MR) is 106 cm³/mol. The van der Waals surface area contributed by atoms with Gasteiger partial charge in [-0.25, -0.2) is 9.97 Å². The number of carbonyl (C=O) groups excluding carboxylic acids is 1. The van der Waals surface area contributed by atoms with Gasteiger partial charge in [0.15, 0.2) is 0 Å². The third-order valence-electron chi connectivity index (χ3n) is 3.91. The van der Waals surface area contributed by atoms with Gasteiger partial charge in [0.05, 0.1) is 12.8 Å². The van der Waals surface area contributed by atoms with E-state index in [0.717, 1.165) is 16.8 Å². The van der Waals surface area contributed by atoms with E-state index < -0.39 is 0 Å². The average molecular weight is 383 g/mol. The minimum Gasteiger partial charge on any atom is -0.495 e. The van der Waals surface area contributed by atoms with Crippen LogP contribution in [0.4, 0.5) is 11.5 Å². The Kier molecular flexibility index (Phi) is 5.88. The molecule has 2 aromatic carbocycles. The maximum absolute atomic E-state index is 12.4. The fraction of sp³-hybridized carbons (Fsp3) is 0.150. The van der Waals surface area contributed by atoms with Crippen molar-refractivity contribution < 1.29 is 9.53 Å². The van der Waals surface area contributed by atoms with Crippen molar-refractivity contribution in [1.82, 2.24) is 15.3 Å². The first-order chi connectivity index (χ1) is 13.1. The Hall–Kier alpha value is -3.12. The molecule has 138 valence electrons. The van der Waals surface area contributed by atoms with E-state index in [0.29, 0.717) is 23.1 Å². The van der Waals surface area contributed by atoms with Crippen LogP contribution in [0.15, 0.2) is 54.9 Å². The molecule has 2 N–H and O–H groups in total. The van der Waals surface area contributed by atoms with Gasteiger partial charge in [0.25, 0.3) is 5.91 Å². The number of hydrogen-bond donors (Lipinski definition) is 2. The Balaban J connectivity index is 1.73. The zero-order valence-electron chi connectivity index (χ0n) is 15.0. The largest absolute Gasteiger partial charge is 0.495 e. The Bertz CT molecular complexity index is 962. The summed E-state index contributed by atoms with van der Waals surface area (Å²) in [7, 11) is 1.60. The summed E-state index contributed by atoms with van der Waals surface area (Å²) >= 11 is 6.11. The number of carbonyl (C=O) groups is 1. The van der Waals surface area contributed by atoms with Crippen LogP contribution >= 0.6 is 11.6 Å². The number of aryl methyl sites for hydroxylation is 1. The van der Waals surface area contributed by atoms with E-state index in [1.165, 1.54) is 6.33 Å². The minimum atomic E-state index is -0.309. The maximum Gasteiger partial charge on any atom is 0.270 e. The van der Waals surface area contributed by atoms with Crippen LogP contribution in [0.1, 0.15) is 21.6 Å². The lowest BCUT2D eigenvalue weighted by molar-refractivity contribution is 0.0946. The zero-order chi connectivity index (χ0) is 19.2. The number of aromatic nitrogens is 2. The van der Waals surface area contributed by atoms with E-state index in [-0.39, 0.29) is 11.6 Å². The normalized spacial score (nSPS) is 10.3. The molecule has 0 aliphatic carbocycles. The highest BCUT2D eigenvalue weighted by Gasteiger charge is 2.11. The van der Waals surface area contributed by atoms with Gasteiger partial charge in [0, 0.05) is 17.6 Å². The summed E-state index contributed by atoms with van der Waals surface area (Å²) in [5.41, 5.74) is 2.93. The molecule has 1 aromatic heterocycles. The topological polar surface area (TPSA) is 76.1 Å². The van der Waals surface area contributed by atoms with Gasteiger partial charge in [-0.15, -0.1) is 0 Å². The number of nitrogens with zero attached hydrogens (tertiary/aromatic N) is 2. The summed E-state index contributed by atoms with van der Waals surface area (Å²) in [5.74, 6) is 0.873. The smallest absolute Gasteiger partial charge is 0.270 e. The van der Waals surface area contributed by atoms with Gasteiger partial charge < -0.3 is 15.4 Å². The highest BCUT2D eigenvalue weighted by atomic mass is 35.5. The van der Waals surface area contributed by atoms with Crippen LogP contribution in [0.25, 0.3) is 0 Å². The van der Waals surface area contributed by atoms with Gasteiger partial charge >= 0.3 is 0 Å². The second kappa shape index (κ2) is 8.51. The molecule has 0 saturated heterocycles. The second-order valence-corrected chi connectivity index (χ2v) is 6.30. The average Bonchev–Trinajstić information content (AvgIpc) is 2.67. The molecule has 0 unspecified atom stereocenters. The third-order valence-corrected chi connectivity index (χ3v) is 4.28. The predicted octanol–water partition coefficient (Wildman–Crippen LogP) is 4.12. The number of ether oxygens (including phenoxy) is 1. The van der Waals surface area contributed by atoms with Crippen LogP contribution in [0.5, 0.6) is 5.75 Å². The van der Waals surface area contributed by atoms with E-state index in [9.17, 15) is 4.79 Å². The first-order valence-corrected chi connectivity index (χ1v) is 8.70. The molecule has 0 aliphatic heterocycles. The lowest BCUT2D eigenvalue weighted by atomic mass is 10.2. The standard InChI is InChI=1S/C20H19ClN4O2/c1-13-7-8-18(27-2)16(9-13)25-19-10-17(23-12-24-19)20(26)22-11-14-5-3-4-6-15(14)21/h3-10,12H,11H2,1-2H3,(H,22,26)(H,23,24,25). The van der Waals surface area contributed by atoms with Gasteiger partial charge in [0.1, 0.15) is 23.6 Å². The SMILES string of the molecule is COc1ccc(C)cc1Nc1cc(C(=O)NCc2ccccc2Cl)ncn1. The summed E-state index contributed by atoms with van der Waals surface area (Å²) in [6, 6.07) is 14.7. The molecule has 0 spiro atoms. The van der Waals surface area contributed by atoms with Crippen molar-refractivity contribution in [2.24, 2.45) is 0 Å². The number of benzene rings is 2. The Morgan fingerprint density at radius 2 is 1.96 bits per heavy atom.